The van der Waals surface area contributed by atoms with Crippen molar-refractivity contribution in [2.75, 3.05) is 13.6 Å². The molecule has 0 saturated carbocycles. The lowest BCUT2D eigenvalue weighted by Crippen LogP contribution is -2.45. The molecule has 0 spiro atoms. The van der Waals surface area contributed by atoms with Crippen LogP contribution in [0.1, 0.15) is 32.5 Å². The molecule has 2 amide bonds. The number of urea groups is 1. The average Bonchev–Trinajstić information content (AvgIpc) is 2.96. The number of nitrogens with zero attached hydrogens (tertiary/aromatic N) is 4. The summed E-state index contributed by atoms with van der Waals surface area (Å²) < 4.78 is 1.67. The largest absolute Gasteiger partial charge is 0.389 e. The summed E-state index contributed by atoms with van der Waals surface area (Å²) in [5.74, 6) is 0. The molecule has 2 aromatic rings. The number of hydrogen-bond donors (Lipinski definition) is 2. The van der Waals surface area contributed by atoms with Gasteiger partial charge in [0.25, 0.3) is 0 Å². The number of aliphatic hydroxyl groups is 1. The zero-order valence-corrected chi connectivity index (χ0v) is 13.9. The van der Waals surface area contributed by atoms with Crippen molar-refractivity contribution in [3.63, 3.8) is 0 Å². The Balaban J connectivity index is 2.00. The summed E-state index contributed by atoms with van der Waals surface area (Å²) in [5, 5.41) is 20.8. The van der Waals surface area contributed by atoms with E-state index >= 15 is 0 Å². The normalized spacial score (nSPS) is 12.7. The minimum atomic E-state index is -0.939. The summed E-state index contributed by atoms with van der Waals surface area (Å²) in [6.45, 7) is 5.40. The van der Waals surface area contributed by atoms with E-state index in [1.165, 1.54) is 4.90 Å². The van der Waals surface area contributed by atoms with Gasteiger partial charge in [-0.2, -0.15) is 0 Å². The molecule has 0 radical (unpaired) electrons. The Bertz CT molecular complexity index is 648. The maximum absolute atomic E-state index is 12.1. The lowest BCUT2D eigenvalue weighted by atomic mass is 10.1. The molecule has 1 atom stereocenters. The maximum Gasteiger partial charge on any atom is 0.317 e. The number of carbonyl (C=O) groups is 1. The zero-order valence-electron chi connectivity index (χ0n) is 13.9. The number of aromatic nitrogens is 3. The minimum Gasteiger partial charge on any atom is -0.389 e. The van der Waals surface area contributed by atoms with E-state index < -0.39 is 5.60 Å². The van der Waals surface area contributed by atoms with E-state index in [4.69, 9.17) is 0 Å². The summed E-state index contributed by atoms with van der Waals surface area (Å²) in [6, 6.07) is 9.08. The van der Waals surface area contributed by atoms with E-state index in [1.54, 1.807) is 31.8 Å². The molecule has 0 aliphatic heterocycles. The molecule has 1 aromatic carbocycles. The molecule has 1 unspecified atom stereocenters. The summed E-state index contributed by atoms with van der Waals surface area (Å²) in [6.07, 6.45) is 1.79. The quantitative estimate of drug-likeness (QED) is 0.880. The van der Waals surface area contributed by atoms with Crippen LogP contribution in [0.15, 0.2) is 36.5 Å². The Morgan fingerprint density at radius 1 is 1.39 bits per heavy atom. The van der Waals surface area contributed by atoms with E-state index in [1.807, 2.05) is 37.3 Å². The third-order valence-electron chi connectivity index (χ3n) is 3.29. The van der Waals surface area contributed by atoms with Gasteiger partial charge >= 0.3 is 6.03 Å². The van der Waals surface area contributed by atoms with E-state index in [2.05, 4.69) is 15.6 Å². The molecule has 2 rings (SSSR count). The van der Waals surface area contributed by atoms with Crippen molar-refractivity contribution in [3.8, 4) is 5.69 Å². The summed E-state index contributed by atoms with van der Waals surface area (Å²) >= 11 is 0. The van der Waals surface area contributed by atoms with Crippen molar-refractivity contribution in [2.45, 2.75) is 32.4 Å². The first-order valence-electron chi connectivity index (χ1n) is 7.48. The van der Waals surface area contributed by atoms with Gasteiger partial charge in [-0.1, -0.05) is 23.4 Å². The number of para-hydroxylation sites is 1. The minimum absolute atomic E-state index is 0.238. The molecular weight excluding hydrogens is 294 g/mol. The van der Waals surface area contributed by atoms with E-state index in [9.17, 15) is 9.90 Å². The van der Waals surface area contributed by atoms with Gasteiger partial charge in [-0.3, -0.25) is 0 Å². The molecule has 0 aliphatic carbocycles. The lowest BCUT2D eigenvalue weighted by Gasteiger charge is -2.26. The van der Waals surface area contributed by atoms with Crippen LogP contribution in [-0.4, -0.2) is 50.2 Å². The van der Waals surface area contributed by atoms with Crippen LogP contribution in [0.3, 0.4) is 0 Å². The van der Waals surface area contributed by atoms with Gasteiger partial charge < -0.3 is 15.3 Å². The molecule has 23 heavy (non-hydrogen) atoms. The van der Waals surface area contributed by atoms with Crippen molar-refractivity contribution < 1.29 is 9.90 Å². The zero-order chi connectivity index (χ0) is 17.0. The van der Waals surface area contributed by atoms with Crippen LogP contribution in [0.4, 0.5) is 4.79 Å². The molecule has 1 heterocycles. The molecule has 0 saturated heterocycles. The van der Waals surface area contributed by atoms with Gasteiger partial charge in [0.2, 0.25) is 0 Å². The fraction of sp³-hybridized carbons (Fsp3) is 0.438. The van der Waals surface area contributed by atoms with Crippen LogP contribution in [0.5, 0.6) is 0 Å². The average molecular weight is 317 g/mol. The van der Waals surface area contributed by atoms with E-state index in [-0.39, 0.29) is 18.6 Å². The van der Waals surface area contributed by atoms with Crippen LogP contribution in [0.25, 0.3) is 5.69 Å². The van der Waals surface area contributed by atoms with Gasteiger partial charge in [0.05, 0.1) is 30.1 Å². The van der Waals surface area contributed by atoms with Crippen LogP contribution in [0.2, 0.25) is 0 Å². The Morgan fingerprint density at radius 2 is 2.04 bits per heavy atom. The maximum atomic E-state index is 12.1. The fourth-order valence-corrected chi connectivity index (χ4v) is 2.20. The van der Waals surface area contributed by atoms with Crippen LogP contribution in [0, 0.1) is 0 Å². The molecule has 0 bridgehead atoms. The summed E-state index contributed by atoms with van der Waals surface area (Å²) in [7, 11) is 1.64. The third-order valence-corrected chi connectivity index (χ3v) is 3.29. The van der Waals surface area contributed by atoms with Crippen molar-refractivity contribution in [3.05, 3.63) is 42.2 Å². The van der Waals surface area contributed by atoms with Crippen LogP contribution in [-0.2, 0) is 0 Å². The number of rotatable bonds is 5. The Hall–Kier alpha value is -2.41. The van der Waals surface area contributed by atoms with Gasteiger partial charge in [-0.25, -0.2) is 9.48 Å². The smallest absolute Gasteiger partial charge is 0.317 e. The summed E-state index contributed by atoms with van der Waals surface area (Å²) in [4.78, 5) is 13.6. The lowest BCUT2D eigenvalue weighted by molar-refractivity contribution is 0.0528. The van der Waals surface area contributed by atoms with Gasteiger partial charge in [-0.05, 0) is 32.9 Å². The van der Waals surface area contributed by atoms with E-state index in [0.29, 0.717) is 5.69 Å². The van der Waals surface area contributed by atoms with E-state index in [0.717, 1.165) is 5.69 Å². The highest BCUT2D eigenvalue weighted by Crippen LogP contribution is 2.12. The Morgan fingerprint density at radius 3 is 2.65 bits per heavy atom. The van der Waals surface area contributed by atoms with Gasteiger partial charge in [0.15, 0.2) is 0 Å². The predicted octanol–water partition coefficient (Wildman–Crippen LogP) is 1.74. The second-order valence-corrected chi connectivity index (χ2v) is 6.26. The topological polar surface area (TPSA) is 83.3 Å². The number of hydrogen-bond acceptors (Lipinski definition) is 4. The van der Waals surface area contributed by atoms with Crippen molar-refractivity contribution in [1.29, 1.82) is 0 Å². The molecule has 7 heteroatoms. The highest BCUT2D eigenvalue weighted by Gasteiger charge is 2.21. The Labute approximate surface area is 135 Å². The number of amides is 2. The van der Waals surface area contributed by atoms with Crippen LogP contribution < -0.4 is 5.32 Å². The number of carbonyl (C=O) groups excluding carboxylic acids is 1. The fourth-order valence-electron chi connectivity index (χ4n) is 2.20. The molecule has 2 N–H and O–H groups in total. The number of likely N-dealkylation sites (N-methyl/N-ethyl adjacent to an activating group) is 1. The second kappa shape index (κ2) is 6.78. The standard InChI is InChI=1S/C16H23N5O2/c1-12(17-15(22)20(4)11-16(2,3)23)14-10-21(19-18-14)13-8-6-5-7-9-13/h5-10,12,23H,11H2,1-4H3,(H,17,22). The highest BCUT2D eigenvalue weighted by molar-refractivity contribution is 5.74. The second-order valence-electron chi connectivity index (χ2n) is 6.26. The molecule has 7 nitrogen and oxygen atoms in total. The monoisotopic (exact) mass is 317 g/mol. The van der Waals surface area contributed by atoms with Crippen molar-refractivity contribution in [2.24, 2.45) is 0 Å². The Kier molecular flexibility index (Phi) is 5.00. The van der Waals surface area contributed by atoms with Gasteiger partial charge in [0, 0.05) is 7.05 Å². The first-order valence-corrected chi connectivity index (χ1v) is 7.48. The van der Waals surface area contributed by atoms with Gasteiger partial charge in [-0.15, -0.1) is 5.10 Å². The van der Waals surface area contributed by atoms with Crippen molar-refractivity contribution >= 4 is 6.03 Å². The highest BCUT2D eigenvalue weighted by atomic mass is 16.3. The number of nitrogens with one attached hydrogen (secondary N) is 1. The molecule has 124 valence electrons. The first kappa shape index (κ1) is 17.0. The number of benzene rings is 1. The van der Waals surface area contributed by atoms with Gasteiger partial charge in [0.1, 0.15) is 5.69 Å². The predicted molar refractivity (Wildman–Crippen MR) is 87.2 cm³/mol. The third kappa shape index (κ3) is 4.79. The summed E-state index contributed by atoms with van der Waals surface area (Å²) in [5.41, 5.74) is 0.633. The van der Waals surface area contributed by atoms with Crippen molar-refractivity contribution in [1.82, 2.24) is 25.2 Å². The van der Waals surface area contributed by atoms with Crippen LogP contribution >= 0.6 is 0 Å². The molecule has 1 aromatic heterocycles. The molecule has 0 fully saturated rings. The molecule has 0 aliphatic rings. The first-order chi connectivity index (χ1) is 10.8. The molecular formula is C16H23N5O2. The SMILES string of the molecule is CC(NC(=O)N(C)CC(C)(C)O)c1cn(-c2ccccc2)nn1.